The first-order valence-corrected chi connectivity index (χ1v) is 11.4. The van der Waals surface area contributed by atoms with E-state index in [1.165, 1.54) is 55.9 Å². The minimum Gasteiger partial charge on any atom is -0.357 e. The molecule has 1 atom stereocenters. The lowest BCUT2D eigenvalue weighted by atomic mass is 10.1. The van der Waals surface area contributed by atoms with E-state index in [4.69, 9.17) is 4.99 Å². The van der Waals surface area contributed by atoms with Crippen LogP contribution >= 0.6 is 11.8 Å². The molecule has 0 bridgehead atoms. The van der Waals surface area contributed by atoms with Gasteiger partial charge in [0.05, 0.1) is 6.54 Å². The Morgan fingerprint density at radius 1 is 1.11 bits per heavy atom. The highest BCUT2D eigenvalue weighted by molar-refractivity contribution is 8.00. The smallest absolute Gasteiger partial charge is 0.191 e. The van der Waals surface area contributed by atoms with E-state index in [9.17, 15) is 0 Å². The number of aliphatic imine (C=N–C) groups is 1. The van der Waals surface area contributed by atoms with Crippen molar-refractivity contribution >= 4 is 17.7 Å². The molecule has 0 radical (unpaired) electrons. The van der Waals surface area contributed by atoms with E-state index < -0.39 is 0 Å². The number of nitrogens with one attached hydrogen (secondary N) is 2. The summed E-state index contributed by atoms with van der Waals surface area (Å²) in [5, 5.41) is 7.61. The molecule has 0 amide bonds. The topological polar surface area (TPSA) is 42.9 Å². The summed E-state index contributed by atoms with van der Waals surface area (Å²) in [6, 6.07) is 8.98. The second kappa shape index (κ2) is 10.9. The molecule has 1 aromatic carbocycles. The molecule has 0 saturated carbocycles. The van der Waals surface area contributed by atoms with Crippen LogP contribution in [0.4, 0.5) is 0 Å². The number of hydrogen-bond acceptors (Lipinski definition) is 4. The van der Waals surface area contributed by atoms with Crippen molar-refractivity contribution in [3.05, 3.63) is 35.4 Å². The molecular weight excluding hydrogens is 354 g/mol. The molecule has 6 heteroatoms. The Morgan fingerprint density at radius 3 is 2.52 bits per heavy atom. The van der Waals surface area contributed by atoms with E-state index in [-0.39, 0.29) is 0 Å². The van der Waals surface area contributed by atoms with Crippen LogP contribution in [0.2, 0.25) is 0 Å². The zero-order chi connectivity index (χ0) is 18.9. The van der Waals surface area contributed by atoms with Crippen molar-refractivity contribution in [2.24, 2.45) is 4.99 Å². The van der Waals surface area contributed by atoms with Crippen LogP contribution < -0.4 is 10.6 Å². The van der Waals surface area contributed by atoms with Crippen LogP contribution in [0.15, 0.2) is 29.3 Å². The third-order valence-corrected chi connectivity index (χ3v) is 6.71. The second-order valence-electron chi connectivity index (χ2n) is 7.61. The number of rotatable bonds is 7. The highest BCUT2D eigenvalue weighted by Gasteiger charge is 2.16. The van der Waals surface area contributed by atoms with E-state index in [2.05, 4.69) is 70.4 Å². The van der Waals surface area contributed by atoms with Crippen molar-refractivity contribution in [1.82, 2.24) is 20.4 Å². The molecule has 0 aliphatic carbocycles. The predicted molar refractivity (Wildman–Crippen MR) is 118 cm³/mol. The van der Waals surface area contributed by atoms with Crippen LogP contribution in [0.5, 0.6) is 0 Å². The second-order valence-corrected chi connectivity index (χ2v) is 9.02. The lowest BCUT2D eigenvalue weighted by molar-refractivity contribution is 0.148. The fraction of sp³-hybridized carbons (Fsp3) is 0.667. The van der Waals surface area contributed by atoms with Crippen molar-refractivity contribution in [2.75, 3.05) is 52.1 Å². The van der Waals surface area contributed by atoms with Crippen LogP contribution in [0, 0.1) is 0 Å². The SMILES string of the molecule is CCNC(=NCc1ccc(CN2CCN(C)CC2)cc1)NCC1CCCS1. The monoisotopic (exact) mass is 389 g/mol. The number of hydrogen-bond donors (Lipinski definition) is 2. The first-order chi connectivity index (χ1) is 13.2. The van der Waals surface area contributed by atoms with Crippen LogP contribution in [-0.2, 0) is 13.1 Å². The summed E-state index contributed by atoms with van der Waals surface area (Å²) in [7, 11) is 2.20. The third-order valence-electron chi connectivity index (χ3n) is 5.31. The Bertz CT molecular complexity index is 575. The lowest BCUT2D eigenvalue weighted by Gasteiger charge is -2.32. The molecule has 2 saturated heterocycles. The van der Waals surface area contributed by atoms with Gasteiger partial charge in [-0.3, -0.25) is 4.90 Å². The summed E-state index contributed by atoms with van der Waals surface area (Å²) in [6.07, 6.45) is 2.68. The highest BCUT2D eigenvalue weighted by Crippen LogP contribution is 2.25. The standard InChI is InChI=1S/C21H35N5S/c1-3-22-21(24-16-20-5-4-14-27-20)23-15-18-6-8-19(9-7-18)17-26-12-10-25(2)11-13-26/h6-9,20H,3-5,10-17H2,1-2H3,(H2,22,23,24). The van der Waals surface area contributed by atoms with Gasteiger partial charge in [0.15, 0.2) is 5.96 Å². The first kappa shape index (κ1) is 20.5. The Labute approximate surface area is 169 Å². The number of likely N-dealkylation sites (N-methyl/N-ethyl adjacent to an activating group) is 1. The Morgan fingerprint density at radius 2 is 1.85 bits per heavy atom. The van der Waals surface area contributed by atoms with Gasteiger partial charge in [0, 0.05) is 51.1 Å². The average Bonchev–Trinajstić information content (AvgIpc) is 3.21. The molecule has 2 heterocycles. The Hall–Kier alpha value is -1.24. The van der Waals surface area contributed by atoms with Crippen LogP contribution in [-0.4, -0.2) is 73.1 Å². The zero-order valence-electron chi connectivity index (χ0n) is 16.9. The molecule has 2 N–H and O–H groups in total. The summed E-state index contributed by atoms with van der Waals surface area (Å²) < 4.78 is 0. The van der Waals surface area contributed by atoms with Crippen molar-refractivity contribution in [3.63, 3.8) is 0 Å². The quantitative estimate of drug-likeness (QED) is 0.554. The summed E-state index contributed by atoms with van der Waals surface area (Å²) in [4.78, 5) is 9.71. The van der Waals surface area contributed by atoms with Gasteiger partial charge in [-0.05, 0) is 43.7 Å². The van der Waals surface area contributed by atoms with E-state index in [1.54, 1.807) is 0 Å². The molecule has 0 spiro atoms. The lowest BCUT2D eigenvalue weighted by Crippen LogP contribution is -2.43. The molecule has 150 valence electrons. The van der Waals surface area contributed by atoms with Gasteiger partial charge < -0.3 is 15.5 Å². The molecule has 2 aliphatic heterocycles. The van der Waals surface area contributed by atoms with Crippen LogP contribution in [0.25, 0.3) is 0 Å². The Balaban J connectivity index is 1.47. The molecule has 1 aromatic rings. The van der Waals surface area contributed by atoms with Crippen molar-refractivity contribution in [2.45, 2.75) is 38.1 Å². The molecule has 5 nitrogen and oxygen atoms in total. The Kier molecular flexibility index (Phi) is 8.30. The number of nitrogens with zero attached hydrogens (tertiary/aromatic N) is 3. The van der Waals surface area contributed by atoms with Crippen molar-refractivity contribution in [1.29, 1.82) is 0 Å². The van der Waals surface area contributed by atoms with Gasteiger partial charge in [-0.25, -0.2) is 4.99 Å². The van der Waals surface area contributed by atoms with E-state index in [0.29, 0.717) is 0 Å². The summed E-state index contributed by atoms with van der Waals surface area (Å²) >= 11 is 2.08. The molecule has 1 unspecified atom stereocenters. The van der Waals surface area contributed by atoms with Crippen molar-refractivity contribution < 1.29 is 0 Å². The van der Waals surface area contributed by atoms with Gasteiger partial charge in [0.25, 0.3) is 0 Å². The third kappa shape index (κ3) is 7.01. The molecular formula is C21H35N5S. The maximum Gasteiger partial charge on any atom is 0.191 e. The summed E-state index contributed by atoms with van der Waals surface area (Å²) in [5.41, 5.74) is 2.67. The minimum absolute atomic E-state index is 0.724. The molecule has 0 aromatic heterocycles. The zero-order valence-corrected chi connectivity index (χ0v) is 17.7. The average molecular weight is 390 g/mol. The van der Waals surface area contributed by atoms with E-state index in [1.807, 2.05) is 0 Å². The largest absolute Gasteiger partial charge is 0.357 e. The van der Waals surface area contributed by atoms with Crippen molar-refractivity contribution in [3.8, 4) is 0 Å². The number of guanidine groups is 1. The highest BCUT2D eigenvalue weighted by atomic mass is 32.2. The van der Waals surface area contributed by atoms with Crippen LogP contribution in [0.1, 0.15) is 30.9 Å². The first-order valence-electron chi connectivity index (χ1n) is 10.4. The van der Waals surface area contributed by atoms with Gasteiger partial charge in [-0.2, -0.15) is 11.8 Å². The number of thioether (sulfide) groups is 1. The molecule has 2 fully saturated rings. The maximum atomic E-state index is 4.77. The fourth-order valence-electron chi connectivity index (χ4n) is 3.54. The molecule has 2 aliphatic rings. The van der Waals surface area contributed by atoms with Gasteiger partial charge >= 0.3 is 0 Å². The van der Waals surface area contributed by atoms with Gasteiger partial charge in [0.1, 0.15) is 0 Å². The van der Waals surface area contributed by atoms with Gasteiger partial charge in [0.2, 0.25) is 0 Å². The van der Waals surface area contributed by atoms with Gasteiger partial charge in [-0.15, -0.1) is 0 Å². The summed E-state index contributed by atoms with van der Waals surface area (Å²) in [6.45, 7) is 10.5. The molecule has 27 heavy (non-hydrogen) atoms. The predicted octanol–water partition coefficient (Wildman–Crippen LogP) is 2.38. The summed E-state index contributed by atoms with van der Waals surface area (Å²) in [5.74, 6) is 2.24. The fourth-order valence-corrected chi connectivity index (χ4v) is 4.74. The molecule has 3 rings (SSSR count). The van der Waals surface area contributed by atoms with E-state index >= 15 is 0 Å². The van der Waals surface area contributed by atoms with Gasteiger partial charge in [-0.1, -0.05) is 24.3 Å². The number of benzene rings is 1. The number of piperazine rings is 1. The van der Waals surface area contributed by atoms with Crippen LogP contribution in [0.3, 0.4) is 0 Å². The maximum absolute atomic E-state index is 4.77. The normalized spacial score (nSPS) is 22.1. The minimum atomic E-state index is 0.724. The van der Waals surface area contributed by atoms with E-state index in [0.717, 1.165) is 37.4 Å².